The van der Waals surface area contributed by atoms with E-state index < -0.39 is 51.4 Å². The van der Waals surface area contributed by atoms with Gasteiger partial charge in [0.2, 0.25) is 0 Å². The van der Waals surface area contributed by atoms with Crippen molar-refractivity contribution in [3.05, 3.63) is 31.3 Å². The number of amides is 2. The van der Waals surface area contributed by atoms with Crippen molar-refractivity contribution in [2.45, 2.75) is 0 Å². The quantitative estimate of drug-likeness (QED) is 0.225. The second kappa shape index (κ2) is 5.32. The second-order valence-electron chi connectivity index (χ2n) is 3.81. The van der Waals surface area contributed by atoms with Gasteiger partial charge in [-0.2, -0.15) is 9.58 Å². The molecule has 0 atom stereocenters. The Morgan fingerprint density at radius 3 is 1.48 bits per heavy atom. The number of rotatable bonds is 2. The van der Waals surface area contributed by atoms with E-state index in [1.54, 1.807) is 0 Å². The van der Waals surface area contributed by atoms with Crippen LogP contribution in [0.1, 0.15) is 0 Å². The molecule has 16 heteroatoms. The molecule has 0 aliphatic carbocycles. The van der Waals surface area contributed by atoms with Crippen molar-refractivity contribution in [1.82, 2.24) is 10.0 Å². The van der Waals surface area contributed by atoms with Crippen LogP contribution in [0.3, 0.4) is 0 Å². The number of nitro groups is 2. The molecule has 116 valence electrons. The van der Waals surface area contributed by atoms with Crippen LogP contribution >= 0.6 is 0 Å². The molecule has 2 aliphatic heterocycles. The zero-order valence-corrected chi connectivity index (χ0v) is 10.6. The van der Waals surface area contributed by atoms with Gasteiger partial charge in [-0.15, -0.1) is 10.0 Å². The maximum atomic E-state index is 11.7. The molecule has 2 rings (SSSR count). The monoisotopic (exact) mass is 322 g/mol. The van der Waals surface area contributed by atoms with Crippen molar-refractivity contribution in [2.75, 3.05) is 6.67 Å². The maximum Gasteiger partial charge on any atom is 0.484 e. The summed E-state index contributed by atoms with van der Waals surface area (Å²) in [5.74, 6) is -4.64. The third-order valence-electron chi connectivity index (χ3n) is 2.54. The minimum absolute atomic E-state index is 0.326. The number of carbonyl (C=O) groups is 2. The smallest absolute Gasteiger partial charge is 0.360 e. The van der Waals surface area contributed by atoms with Gasteiger partial charge < -0.3 is 31.3 Å². The van der Waals surface area contributed by atoms with Crippen LogP contribution in [0.5, 0.6) is 0 Å². The zero-order chi connectivity index (χ0) is 17.3. The van der Waals surface area contributed by atoms with Crippen LogP contribution in [-0.2, 0) is 9.59 Å². The van der Waals surface area contributed by atoms with Crippen LogP contribution in [0.4, 0.5) is 0 Å². The Balaban J connectivity index is 2.34. The van der Waals surface area contributed by atoms with Crippen LogP contribution in [0.15, 0.2) is 10.2 Å². The lowest BCUT2D eigenvalue weighted by Crippen LogP contribution is -2.39. The summed E-state index contributed by atoms with van der Waals surface area (Å²) >= 11 is 0. The third-order valence-corrected chi connectivity index (χ3v) is 2.54. The van der Waals surface area contributed by atoms with Crippen molar-refractivity contribution in [1.29, 1.82) is 0 Å². The highest BCUT2D eigenvalue weighted by Gasteiger charge is 2.55. The van der Waals surface area contributed by atoms with Gasteiger partial charge in [-0.25, -0.2) is 0 Å². The van der Waals surface area contributed by atoms with E-state index in [-0.39, 0.29) is 0 Å². The number of hydrogen-bond donors (Lipinski definition) is 0. The largest absolute Gasteiger partial charge is 0.484 e. The van der Waals surface area contributed by atoms with Gasteiger partial charge in [0.05, 0.1) is 10.2 Å². The normalized spacial score (nSPS) is 17.0. The van der Waals surface area contributed by atoms with E-state index in [0.717, 1.165) is 0 Å². The molecule has 0 bridgehead atoms. The average Bonchev–Trinajstić information content (AvgIpc) is 2.98. The fourth-order valence-electron chi connectivity index (χ4n) is 1.59. The molecule has 0 aromatic rings. The molecule has 0 radical (unpaired) electrons. The number of nitrogens with zero attached hydrogens (tertiary/aromatic N) is 10. The Morgan fingerprint density at radius 2 is 1.26 bits per heavy atom. The summed E-state index contributed by atoms with van der Waals surface area (Å²) in [6, 6.07) is 0. The van der Waals surface area contributed by atoms with Gasteiger partial charge in [-0.3, -0.25) is 9.59 Å². The topological polar surface area (TPSA) is 224 Å². The molecule has 23 heavy (non-hydrogen) atoms. The fourth-order valence-corrected chi connectivity index (χ4v) is 1.59. The van der Waals surface area contributed by atoms with Crippen LogP contribution in [-0.4, -0.2) is 71.0 Å². The van der Waals surface area contributed by atoms with Crippen LogP contribution in [0.2, 0.25) is 0 Å². The minimum Gasteiger partial charge on any atom is -0.360 e. The highest BCUT2D eigenvalue weighted by atomic mass is 16.6. The molecule has 0 saturated heterocycles. The standard InChI is InChI=1S/C7H2N10O6/c8-10-2-4(16(20)21)12-14(6(2)18)1-15-7(19)3(11-9)5(13-15)17(22)23/h1H2. The summed E-state index contributed by atoms with van der Waals surface area (Å²) in [4.78, 5) is 47.4. The number of hydrazone groups is 2. The molecule has 16 nitrogen and oxygen atoms in total. The highest BCUT2D eigenvalue weighted by molar-refractivity contribution is 6.65. The lowest BCUT2D eigenvalue weighted by Gasteiger charge is -2.05. The summed E-state index contributed by atoms with van der Waals surface area (Å²) in [6.45, 7) is -0.871. The molecule has 0 unspecified atom stereocenters. The molecule has 2 amide bonds. The molecule has 0 aromatic carbocycles. The number of carbonyl (C=O) groups excluding carboxylic acids is 2. The second-order valence-corrected chi connectivity index (χ2v) is 3.81. The molecule has 0 fully saturated rings. The number of hydrogen-bond acceptors (Lipinski definition) is 8. The van der Waals surface area contributed by atoms with Crippen LogP contribution in [0.25, 0.3) is 11.1 Å². The molecule has 0 N–H and O–H groups in total. The lowest BCUT2D eigenvalue weighted by atomic mass is 10.3. The Hall–Kier alpha value is -4.16. The first kappa shape index (κ1) is 15.2. The van der Waals surface area contributed by atoms with Gasteiger partial charge in [-0.1, -0.05) is 0 Å². The molecular weight excluding hydrogens is 320 g/mol. The van der Waals surface area contributed by atoms with Gasteiger partial charge in [0.1, 0.15) is 0 Å². The SMILES string of the molecule is [N-]=[N+]=C1C(=O)N(CN2N=C([N+](=O)[O-])C(=[N+]=[N-])C2=O)N=C1[N+](=O)[O-]. The molecular formula is C7H2N10O6. The van der Waals surface area contributed by atoms with E-state index in [0.29, 0.717) is 10.0 Å². The zero-order valence-electron chi connectivity index (χ0n) is 10.6. The predicted molar refractivity (Wildman–Crippen MR) is 64.7 cm³/mol. The van der Waals surface area contributed by atoms with Gasteiger partial charge in [-0.05, 0) is 9.85 Å². The third kappa shape index (κ3) is 2.33. The van der Waals surface area contributed by atoms with E-state index in [1.165, 1.54) is 0 Å². The molecule has 0 spiro atoms. The predicted octanol–water partition coefficient (Wildman–Crippen LogP) is -2.85. The first-order valence-electron chi connectivity index (χ1n) is 5.36. The summed E-state index contributed by atoms with van der Waals surface area (Å²) in [7, 11) is 0. The van der Waals surface area contributed by atoms with E-state index in [9.17, 15) is 29.8 Å². The lowest BCUT2D eigenvalue weighted by molar-refractivity contribution is -0.348. The first-order chi connectivity index (χ1) is 10.8. The van der Waals surface area contributed by atoms with Crippen molar-refractivity contribution in [3.8, 4) is 0 Å². The van der Waals surface area contributed by atoms with Crippen LogP contribution < -0.4 is 0 Å². The Bertz CT molecular complexity index is 759. The van der Waals surface area contributed by atoms with E-state index in [1.807, 2.05) is 0 Å². The van der Waals surface area contributed by atoms with Crippen molar-refractivity contribution < 1.29 is 29.0 Å². The first-order valence-corrected chi connectivity index (χ1v) is 5.36. The molecule has 2 heterocycles. The summed E-state index contributed by atoms with van der Waals surface area (Å²) in [5, 5.41) is 28.4. The van der Waals surface area contributed by atoms with Gasteiger partial charge in [0, 0.05) is 0 Å². The van der Waals surface area contributed by atoms with Crippen molar-refractivity contribution in [2.24, 2.45) is 10.2 Å². The van der Waals surface area contributed by atoms with E-state index in [2.05, 4.69) is 19.8 Å². The van der Waals surface area contributed by atoms with Gasteiger partial charge >= 0.3 is 34.9 Å². The fraction of sp³-hybridized carbons (Fsp3) is 0.143. The summed E-state index contributed by atoms with van der Waals surface area (Å²) in [6.07, 6.45) is 0. The maximum absolute atomic E-state index is 11.7. The molecule has 2 aliphatic rings. The Kier molecular flexibility index (Phi) is 3.52. The van der Waals surface area contributed by atoms with Gasteiger partial charge in [0.15, 0.2) is 6.67 Å². The Labute approximate surface area is 123 Å². The van der Waals surface area contributed by atoms with Crippen molar-refractivity contribution >= 4 is 34.9 Å². The molecule has 0 saturated carbocycles. The number of amidine groups is 2. The van der Waals surface area contributed by atoms with Gasteiger partial charge in [0.25, 0.3) is 0 Å². The minimum atomic E-state index is -1.24. The summed E-state index contributed by atoms with van der Waals surface area (Å²) < 4.78 is 0. The van der Waals surface area contributed by atoms with E-state index in [4.69, 9.17) is 11.1 Å². The summed E-state index contributed by atoms with van der Waals surface area (Å²) in [5.41, 5.74) is 15.2. The Morgan fingerprint density at radius 1 is 0.913 bits per heavy atom. The van der Waals surface area contributed by atoms with Crippen molar-refractivity contribution in [3.63, 3.8) is 0 Å². The highest BCUT2D eigenvalue weighted by Crippen LogP contribution is 2.11. The van der Waals surface area contributed by atoms with Crippen LogP contribution in [0, 0.1) is 20.2 Å². The van der Waals surface area contributed by atoms with E-state index >= 15 is 0 Å². The molecule has 0 aromatic heterocycles. The average molecular weight is 322 g/mol.